The normalized spacial score (nSPS) is 16.8. The van der Waals surface area contributed by atoms with Crippen molar-refractivity contribution in [1.82, 2.24) is 24.8 Å². The minimum absolute atomic E-state index is 0.179. The molecule has 0 radical (unpaired) electrons. The van der Waals surface area contributed by atoms with Crippen molar-refractivity contribution < 1.29 is 4.79 Å². The number of amides is 1. The van der Waals surface area contributed by atoms with Crippen molar-refractivity contribution in [2.24, 2.45) is 0 Å². The van der Waals surface area contributed by atoms with Crippen LogP contribution in [0.2, 0.25) is 0 Å². The van der Waals surface area contributed by atoms with Crippen LogP contribution in [-0.4, -0.2) is 37.7 Å². The van der Waals surface area contributed by atoms with E-state index in [9.17, 15) is 4.79 Å². The van der Waals surface area contributed by atoms with Crippen molar-refractivity contribution in [2.75, 3.05) is 11.9 Å². The lowest BCUT2D eigenvalue weighted by molar-refractivity contribution is -0.118. The zero-order chi connectivity index (χ0) is 17.7. The highest BCUT2D eigenvalue weighted by Gasteiger charge is 2.24. The van der Waals surface area contributed by atoms with Crippen LogP contribution in [0.15, 0.2) is 36.8 Å². The Morgan fingerprint density at radius 3 is 2.92 bits per heavy atom. The van der Waals surface area contributed by atoms with Crippen molar-refractivity contribution in [3.8, 4) is 11.3 Å². The van der Waals surface area contributed by atoms with Gasteiger partial charge >= 0.3 is 0 Å². The van der Waals surface area contributed by atoms with E-state index in [4.69, 9.17) is 0 Å². The Balaban J connectivity index is 1.35. The molecule has 1 aliphatic heterocycles. The van der Waals surface area contributed by atoms with E-state index in [-0.39, 0.29) is 5.91 Å². The van der Waals surface area contributed by atoms with E-state index in [0.29, 0.717) is 19.0 Å². The maximum Gasteiger partial charge on any atom is 0.227 e. The Hall–Kier alpha value is -2.96. The van der Waals surface area contributed by atoms with Crippen LogP contribution in [0.1, 0.15) is 36.4 Å². The van der Waals surface area contributed by atoms with Crippen LogP contribution in [-0.2, 0) is 17.8 Å². The molecule has 0 unspecified atom stereocenters. The minimum Gasteiger partial charge on any atom is -0.315 e. The SMILES string of the molecule is CN1C(=O)CCc2cc(Cn3cc(-c4cnn(C5CC5)c4)nn3)ccc21. The number of hydrogen-bond donors (Lipinski definition) is 0. The van der Waals surface area contributed by atoms with Gasteiger partial charge in [0.15, 0.2) is 0 Å². The molecule has 26 heavy (non-hydrogen) atoms. The van der Waals surface area contributed by atoms with Crippen LogP contribution >= 0.6 is 0 Å². The molecule has 0 saturated heterocycles. The number of rotatable bonds is 4. The lowest BCUT2D eigenvalue weighted by Crippen LogP contribution is -2.31. The van der Waals surface area contributed by atoms with Crippen molar-refractivity contribution in [3.05, 3.63) is 47.9 Å². The molecule has 0 spiro atoms. The third-order valence-corrected chi connectivity index (χ3v) is 5.19. The molecule has 3 heterocycles. The summed E-state index contributed by atoms with van der Waals surface area (Å²) in [6.45, 7) is 0.661. The molecule has 7 nitrogen and oxygen atoms in total. The van der Waals surface area contributed by atoms with Gasteiger partial charge in [-0.2, -0.15) is 5.10 Å². The number of aryl methyl sites for hydroxylation is 1. The molecular weight excluding hydrogens is 328 g/mol. The largest absolute Gasteiger partial charge is 0.315 e. The molecule has 1 aliphatic carbocycles. The smallest absolute Gasteiger partial charge is 0.227 e. The van der Waals surface area contributed by atoms with E-state index in [1.54, 1.807) is 4.90 Å². The quantitative estimate of drug-likeness (QED) is 0.726. The molecule has 1 fully saturated rings. The van der Waals surface area contributed by atoms with Gasteiger partial charge < -0.3 is 4.90 Å². The Bertz CT molecular complexity index is 984. The summed E-state index contributed by atoms with van der Waals surface area (Å²) in [5.41, 5.74) is 5.25. The van der Waals surface area contributed by atoms with Gasteiger partial charge in [0.05, 0.1) is 25.0 Å². The van der Waals surface area contributed by atoms with Crippen LogP contribution in [0.25, 0.3) is 11.3 Å². The number of nitrogens with zero attached hydrogens (tertiary/aromatic N) is 6. The van der Waals surface area contributed by atoms with Gasteiger partial charge in [-0.3, -0.25) is 9.48 Å². The van der Waals surface area contributed by atoms with E-state index in [1.165, 1.54) is 18.4 Å². The van der Waals surface area contributed by atoms with Gasteiger partial charge in [0.25, 0.3) is 0 Å². The van der Waals surface area contributed by atoms with Gasteiger partial charge in [0.2, 0.25) is 5.91 Å². The second kappa shape index (κ2) is 5.79. The third-order valence-electron chi connectivity index (χ3n) is 5.19. The molecule has 1 amide bonds. The Morgan fingerprint density at radius 2 is 2.08 bits per heavy atom. The first-order valence-corrected chi connectivity index (χ1v) is 9.00. The lowest BCUT2D eigenvalue weighted by Gasteiger charge is -2.26. The van der Waals surface area contributed by atoms with Gasteiger partial charge in [-0.05, 0) is 36.5 Å². The molecule has 5 rings (SSSR count). The number of carbonyl (C=O) groups is 1. The number of fused-ring (bicyclic) bond motifs is 1. The second-order valence-electron chi connectivity index (χ2n) is 7.16. The predicted octanol–water partition coefficient (Wildman–Crippen LogP) is 2.43. The average molecular weight is 348 g/mol. The Kier molecular flexibility index (Phi) is 3.41. The topological polar surface area (TPSA) is 68.8 Å². The van der Waals surface area contributed by atoms with Gasteiger partial charge in [0, 0.05) is 30.9 Å². The van der Waals surface area contributed by atoms with Gasteiger partial charge in [-0.25, -0.2) is 4.68 Å². The summed E-state index contributed by atoms with van der Waals surface area (Å²) in [4.78, 5) is 13.6. The van der Waals surface area contributed by atoms with E-state index in [0.717, 1.165) is 28.9 Å². The zero-order valence-corrected chi connectivity index (χ0v) is 14.7. The van der Waals surface area contributed by atoms with E-state index in [2.05, 4.69) is 33.7 Å². The second-order valence-corrected chi connectivity index (χ2v) is 7.16. The molecule has 2 aromatic heterocycles. The molecule has 0 atom stereocenters. The first-order valence-electron chi connectivity index (χ1n) is 9.00. The summed E-state index contributed by atoms with van der Waals surface area (Å²) in [6.07, 6.45) is 9.68. The van der Waals surface area contributed by atoms with Crippen molar-refractivity contribution in [2.45, 2.75) is 38.3 Å². The highest BCUT2D eigenvalue weighted by molar-refractivity contribution is 5.95. The summed E-state index contributed by atoms with van der Waals surface area (Å²) in [7, 11) is 1.84. The van der Waals surface area contributed by atoms with Gasteiger partial charge in [-0.1, -0.05) is 17.3 Å². The molecule has 132 valence electrons. The standard InChI is InChI=1S/C19H20N6O/c1-23-18-6-2-13(8-14(18)3-7-19(23)26)10-24-12-17(21-22-24)15-9-20-25(11-15)16-4-5-16/h2,6,8-9,11-12,16H,3-5,7,10H2,1H3. The van der Waals surface area contributed by atoms with Crippen LogP contribution in [0, 0.1) is 0 Å². The molecule has 0 bridgehead atoms. The maximum absolute atomic E-state index is 11.8. The molecule has 2 aliphatic rings. The monoisotopic (exact) mass is 348 g/mol. The van der Waals surface area contributed by atoms with Crippen molar-refractivity contribution in [3.63, 3.8) is 0 Å². The summed E-state index contributed by atoms with van der Waals surface area (Å²) in [6, 6.07) is 6.82. The molecule has 0 N–H and O–H groups in total. The predicted molar refractivity (Wildman–Crippen MR) is 96.8 cm³/mol. The molecular formula is C19H20N6O. The number of carbonyl (C=O) groups excluding carboxylic acids is 1. The molecule has 1 saturated carbocycles. The fourth-order valence-corrected chi connectivity index (χ4v) is 3.51. The summed E-state index contributed by atoms with van der Waals surface area (Å²) in [5.74, 6) is 0.179. The first-order chi connectivity index (χ1) is 12.7. The summed E-state index contributed by atoms with van der Waals surface area (Å²) < 4.78 is 3.87. The van der Waals surface area contributed by atoms with Crippen LogP contribution in [0.3, 0.4) is 0 Å². The third kappa shape index (κ3) is 2.69. The lowest BCUT2D eigenvalue weighted by atomic mass is 9.99. The first kappa shape index (κ1) is 15.3. The highest BCUT2D eigenvalue weighted by Crippen LogP contribution is 2.35. The average Bonchev–Trinajstić information content (AvgIpc) is 3.19. The highest BCUT2D eigenvalue weighted by atomic mass is 16.2. The van der Waals surface area contributed by atoms with Crippen molar-refractivity contribution in [1.29, 1.82) is 0 Å². The molecule has 7 heteroatoms. The number of anilines is 1. The van der Waals surface area contributed by atoms with Crippen molar-refractivity contribution >= 4 is 11.6 Å². The molecule has 3 aromatic rings. The Labute approximate surface area is 151 Å². The van der Waals surface area contributed by atoms with E-state index >= 15 is 0 Å². The summed E-state index contributed by atoms with van der Waals surface area (Å²) in [5, 5.41) is 13.0. The minimum atomic E-state index is 0.179. The van der Waals surface area contributed by atoms with E-state index in [1.807, 2.05) is 34.9 Å². The molecule has 1 aromatic carbocycles. The fourth-order valence-electron chi connectivity index (χ4n) is 3.51. The van der Waals surface area contributed by atoms with E-state index < -0.39 is 0 Å². The number of aromatic nitrogens is 5. The fraction of sp³-hybridized carbons (Fsp3) is 0.368. The zero-order valence-electron chi connectivity index (χ0n) is 14.7. The van der Waals surface area contributed by atoms with Crippen LogP contribution in [0.5, 0.6) is 0 Å². The van der Waals surface area contributed by atoms with Gasteiger partial charge in [-0.15, -0.1) is 5.10 Å². The number of hydrogen-bond acceptors (Lipinski definition) is 4. The summed E-state index contributed by atoms with van der Waals surface area (Å²) >= 11 is 0. The number of benzene rings is 1. The Morgan fingerprint density at radius 1 is 1.19 bits per heavy atom. The maximum atomic E-state index is 11.8. The van der Waals surface area contributed by atoms with Crippen LogP contribution < -0.4 is 4.90 Å². The van der Waals surface area contributed by atoms with Crippen LogP contribution in [0.4, 0.5) is 5.69 Å². The van der Waals surface area contributed by atoms with Gasteiger partial charge in [0.1, 0.15) is 5.69 Å².